The molecule has 0 saturated carbocycles. The van der Waals surface area contributed by atoms with Gasteiger partial charge in [-0.25, -0.2) is 9.59 Å². The van der Waals surface area contributed by atoms with Crippen LogP contribution in [0.25, 0.3) is 0 Å². The van der Waals surface area contributed by atoms with E-state index >= 15 is 0 Å². The second-order valence-electron chi connectivity index (χ2n) is 7.38. The van der Waals surface area contributed by atoms with Gasteiger partial charge < -0.3 is 25.2 Å². The number of anilines is 1. The number of nitrogens with one attached hydrogen (secondary N) is 2. The highest BCUT2D eigenvalue weighted by Gasteiger charge is 2.18. The van der Waals surface area contributed by atoms with Gasteiger partial charge in [0.15, 0.2) is 0 Å². The van der Waals surface area contributed by atoms with Crippen LogP contribution in [-0.4, -0.2) is 66.8 Å². The topological polar surface area (TPSA) is 73.9 Å². The maximum atomic E-state index is 12.7. The Kier molecular flexibility index (Phi) is 10.3. The molecule has 0 radical (unpaired) electrons. The molecule has 3 amide bonds. The smallest absolute Gasteiger partial charge is 0.407 e. The molecule has 2 N–H and O–H groups in total. The maximum absolute atomic E-state index is 12.7. The van der Waals surface area contributed by atoms with Crippen LogP contribution in [-0.2, 0) is 4.74 Å². The van der Waals surface area contributed by atoms with Crippen molar-refractivity contribution in [3.63, 3.8) is 0 Å². The molecule has 0 aromatic heterocycles. The van der Waals surface area contributed by atoms with Gasteiger partial charge in [0.05, 0.1) is 0 Å². The Morgan fingerprint density at radius 3 is 2.18 bits per heavy atom. The summed E-state index contributed by atoms with van der Waals surface area (Å²) in [6, 6.07) is 7.23. The van der Waals surface area contributed by atoms with Crippen molar-refractivity contribution in [3.8, 4) is 0 Å². The number of nitrogens with zero attached hydrogens (tertiary/aromatic N) is 2. The van der Waals surface area contributed by atoms with E-state index in [1.165, 1.54) is 0 Å². The van der Waals surface area contributed by atoms with Crippen molar-refractivity contribution in [2.24, 2.45) is 0 Å². The molecule has 0 aliphatic carbocycles. The number of carbonyl (C=O) groups is 2. The lowest BCUT2D eigenvalue weighted by atomic mass is 10.2. The summed E-state index contributed by atoms with van der Waals surface area (Å²) in [5.74, 6) is 0. The molecule has 7 nitrogen and oxygen atoms in total. The summed E-state index contributed by atoms with van der Waals surface area (Å²) in [7, 11) is 0. The number of hydrogen-bond acceptors (Lipinski definition) is 4. The zero-order valence-corrected chi connectivity index (χ0v) is 19.1. The number of hydrogen-bond donors (Lipinski definition) is 2. The van der Waals surface area contributed by atoms with E-state index < -0.39 is 11.7 Å². The van der Waals surface area contributed by atoms with E-state index in [4.69, 9.17) is 4.74 Å². The Bertz CT molecular complexity index is 613. The summed E-state index contributed by atoms with van der Waals surface area (Å²) >= 11 is 3.38. The first-order valence-electron chi connectivity index (χ1n) is 9.65. The monoisotopic (exact) mass is 456 g/mol. The second kappa shape index (κ2) is 11.9. The lowest BCUT2D eigenvalue weighted by Gasteiger charge is -2.27. The fraction of sp³-hybridized carbons (Fsp3) is 0.600. The molecule has 0 heterocycles. The number of alkyl carbamates (subject to hydrolysis) is 1. The Morgan fingerprint density at radius 2 is 1.64 bits per heavy atom. The highest BCUT2D eigenvalue weighted by molar-refractivity contribution is 9.10. The van der Waals surface area contributed by atoms with Crippen molar-refractivity contribution in [2.75, 3.05) is 44.6 Å². The number of carbonyl (C=O) groups excluding carboxylic acids is 2. The molecule has 0 unspecified atom stereocenters. The average Bonchev–Trinajstić information content (AvgIpc) is 2.61. The van der Waals surface area contributed by atoms with Crippen LogP contribution >= 0.6 is 15.9 Å². The second-order valence-corrected chi connectivity index (χ2v) is 8.30. The number of urea groups is 1. The molecular weight excluding hydrogens is 424 g/mol. The van der Waals surface area contributed by atoms with Gasteiger partial charge in [-0.2, -0.15) is 0 Å². The zero-order valence-electron chi connectivity index (χ0n) is 17.5. The maximum Gasteiger partial charge on any atom is 0.407 e. The van der Waals surface area contributed by atoms with E-state index in [9.17, 15) is 9.59 Å². The normalized spacial score (nSPS) is 11.2. The molecule has 0 spiro atoms. The standard InChI is InChI=1S/C20H33BrN4O3/c1-6-24(7-2)14-15-25(13-12-22-19(27)28-20(3,4)5)18(26)23-17-10-8-16(21)9-11-17/h8-11H,6-7,12-15H2,1-5H3,(H,22,27)(H,23,26). The molecule has 0 bridgehead atoms. The van der Waals surface area contributed by atoms with Crippen molar-refractivity contribution in [2.45, 2.75) is 40.2 Å². The highest BCUT2D eigenvalue weighted by atomic mass is 79.9. The number of halogens is 1. The lowest BCUT2D eigenvalue weighted by Crippen LogP contribution is -2.45. The summed E-state index contributed by atoms with van der Waals surface area (Å²) in [4.78, 5) is 28.5. The summed E-state index contributed by atoms with van der Waals surface area (Å²) < 4.78 is 6.19. The minimum absolute atomic E-state index is 0.194. The van der Waals surface area contributed by atoms with Crippen LogP contribution in [0.15, 0.2) is 28.7 Å². The number of rotatable bonds is 9. The quantitative estimate of drug-likeness (QED) is 0.585. The van der Waals surface area contributed by atoms with Crippen LogP contribution in [0.2, 0.25) is 0 Å². The van der Waals surface area contributed by atoms with E-state index in [2.05, 4.69) is 45.3 Å². The number of benzene rings is 1. The van der Waals surface area contributed by atoms with Crippen molar-refractivity contribution in [1.82, 2.24) is 15.1 Å². The van der Waals surface area contributed by atoms with Gasteiger partial charge in [-0.15, -0.1) is 0 Å². The van der Waals surface area contributed by atoms with Crippen molar-refractivity contribution < 1.29 is 14.3 Å². The zero-order chi connectivity index (χ0) is 21.2. The van der Waals surface area contributed by atoms with Gasteiger partial charge in [0.1, 0.15) is 5.60 Å². The van der Waals surface area contributed by atoms with Crippen LogP contribution in [0.5, 0.6) is 0 Å². The molecule has 0 fully saturated rings. The van der Waals surface area contributed by atoms with E-state index in [-0.39, 0.29) is 6.03 Å². The van der Waals surface area contributed by atoms with E-state index in [0.717, 1.165) is 29.8 Å². The van der Waals surface area contributed by atoms with E-state index in [1.807, 2.05) is 45.0 Å². The molecule has 8 heteroatoms. The average molecular weight is 457 g/mol. The lowest BCUT2D eigenvalue weighted by molar-refractivity contribution is 0.0523. The fourth-order valence-electron chi connectivity index (χ4n) is 2.46. The third-order valence-electron chi connectivity index (χ3n) is 4.01. The summed E-state index contributed by atoms with van der Waals surface area (Å²) in [5.41, 5.74) is 0.173. The molecular formula is C20H33BrN4O3. The third kappa shape index (κ3) is 9.94. The van der Waals surface area contributed by atoms with Crippen LogP contribution in [0.1, 0.15) is 34.6 Å². The predicted molar refractivity (Wildman–Crippen MR) is 117 cm³/mol. The number of likely N-dealkylation sites (N-methyl/N-ethyl adjacent to an activating group) is 1. The van der Waals surface area contributed by atoms with Gasteiger partial charge in [0.25, 0.3) is 0 Å². The summed E-state index contributed by atoms with van der Waals surface area (Å²) in [6.07, 6.45) is -0.482. The van der Waals surface area contributed by atoms with Crippen LogP contribution in [0.4, 0.5) is 15.3 Å². The van der Waals surface area contributed by atoms with Gasteiger partial charge in [-0.3, -0.25) is 0 Å². The molecule has 158 valence electrons. The van der Waals surface area contributed by atoms with E-state index in [0.29, 0.717) is 19.6 Å². The third-order valence-corrected chi connectivity index (χ3v) is 4.54. The predicted octanol–water partition coefficient (Wildman–Crippen LogP) is 4.15. The van der Waals surface area contributed by atoms with Crippen molar-refractivity contribution in [1.29, 1.82) is 0 Å². The largest absolute Gasteiger partial charge is 0.444 e. The van der Waals surface area contributed by atoms with Crippen LogP contribution in [0, 0.1) is 0 Å². The molecule has 28 heavy (non-hydrogen) atoms. The Hall–Kier alpha value is -1.80. The fourth-order valence-corrected chi connectivity index (χ4v) is 2.72. The summed E-state index contributed by atoms with van der Waals surface area (Å²) in [6.45, 7) is 13.5. The molecule has 1 aromatic carbocycles. The van der Waals surface area contributed by atoms with Crippen molar-refractivity contribution >= 4 is 33.7 Å². The van der Waals surface area contributed by atoms with E-state index in [1.54, 1.807) is 4.90 Å². The molecule has 1 aromatic rings. The molecule has 0 atom stereocenters. The van der Waals surface area contributed by atoms with Crippen LogP contribution < -0.4 is 10.6 Å². The molecule has 0 aliphatic rings. The first-order valence-corrected chi connectivity index (χ1v) is 10.4. The first kappa shape index (κ1) is 24.2. The van der Waals surface area contributed by atoms with Gasteiger partial charge in [-0.1, -0.05) is 29.8 Å². The Balaban J connectivity index is 2.65. The van der Waals surface area contributed by atoms with Gasteiger partial charge in [0, 0.05) is 36.3 Å². The number of amides is 3. The van der Waals surface area contributed by atoms with Gasteiger partial charge >= 0.3 is 12.1 Å². The SMILES string of the molecule is CCN(CC)CCN(CCNC(=O)OC(C)(C)C)C(=O)Nc1ccc(Br)cc1. The van der Waals surface area contributed by atoms with Crippen molar-refractivity contribution in [3.05, 3.63) is 28.7 Å². The van der Waals surface area contributed by atoms with Gasteiger partial charge in [0.2, 0.25) is 0 Å². The highest BCUT2D eigenvalue weighted by Crippen LogP contribution is 2.14. The minimum atomic E-state index is -0.550. The molecule has 0 aliphatic heterocycles. The Labute approximate surface area is 176 Å². The summed E-state index contributed by atoms with van der Waals surface area (Å²) in [5, 5.41) is 5.62. The number of ether oxygens (including phenoxy) is 1. The Morgan fingerprint density at radius 1 is 1.04 bits per heavy atom. The van der Waals surface area contributed by atoms with Crippen LogP contribution in [0.3, 0.4) is 0 Å². The van der Waals surface area contributed by atoms with Gasteiger partial charge in [-0.05, 0) is 58.1 Å². The first-order chi connectivity index (χ1) is 13.1. The molecule has 0 saturated heterocycles. The molecule has 1 rings (SSSR count). The minimum Gasteiger partial charge on any atom is -0.444 e.